The molecular formula is C43H58N8O6S2. The van der Waals surface area contributed by atoms with Gasteiger partial charge in [-0.2, -0.15) is 29.3 Å². The number of benzene rings is 2. The first-order valence-electron chi connectivity index (χ1n) is 20.0. The first-order chi connectivity index (χ1) is 28.4. The van der Waals surface area contributed by atoms with E-state index in [4.69, 9.17) is 15.3 Å². The van der Waals surface area contributed by atoms with Crippen LogP contribution in [0.3, 0.4) is 0 Å². The lowest BCUT2D eigenvalue weighted by Crippen LogP contribution is -2.50. The Balaban J connectivity index is 0.000000309. The van der Waals surface area contributed by atoms with Gasteiger partial charge in [0.1, 0.15) is 24.3 Å². The number of alkyl carbamates (subject to hydrolysis) is 1. The number of carbonyl (C=O) groups is 3. The Hall–Kier alpha value is -4.80. The summed E-state index contributed by atoms with van der Waals surface area (Å²) in [6, 6.07) is 16.1. The standard InChI is InChI=1S/C31H36N6O3S.C12H22N2O3S/c1-19(2)26(16-39-40-18-32)31(38)37-15-21(17-41)12-29(37)30-34-14-28(36-30)25-10-6-23(7-11-25)22-4-8-24(9-5-22)27-13-33-20(3)35-27;1-8(2)10(13-12(16)17-3)11(15)14-6-5-9(7-14)18-4/h4-11,13-14,18-19,21,26,29,32,41H,12,15-17H2,1-3H3,(H,33,35)(H,34,36);8-10H,5-7H2,1-4H3,(H,13,16)/t21-,26-,29-;9?,10-/m00/s1. The molecule has 6 rings (SSSR count). The van der Waals surface area contributed by atoms with Crippen LogP contribution in [-0.4, -0.2) is 111 Å². The number of thioether (sulfide) groups is 1. The first kappa shape index (κ1) is 45.3. The van der Waals surface area contributed by atoms with Crippen molar-refractivity contribution < 1.29 is 28.9 Å². The zero-order valence-corrected chi connectivity index (χ0v) is 36.6. The molecule has 0 bridgehead atoms. The number of imidazole rings is 2. The van der Waals surface area contributed by atoms with Crippen LogP contribution in [0, 0.1) is 36.0 Å². The van der Waals surface area contributed by atoms with Gasteiger partial charge >= 0.3 is 6.09 Å². The van der Waals surface area contributed by atoms with Crippen LogP contribution < -0.4 is 5.32 Å². The number of likely N-dealkylation sites (tertiary alicyclic amines) is 2. The van der Waals surface area contributed by atoms with Crippen molar-refractivity contribution >= 4 is 48.7 Å². The van der Waals surface area contributed by atoms with Gasteiger partial charge in [0.05, 0.1) is 42.9 Å². The summed E-state index contributed by atoms with van der Waals surface area (Å²) in [6.07, 6.45) is 7.72. The maximum atomic E-state index is 13.6. The molecule has 4 aromatic rings. The highest BCUT2D eigenvalue weighted by Gasteiger charge is 2.41. The van der Waals surface area contributed by atoms with E-state index in [1.807, 2.05) is 56.8 Å². The van der Waals surface area contributed by atoms with E-state index < -0.39 is 18.1 Å². The summed E-state index contributed by atoms with van der Waals surface area (Å²) in [5, 5.41) is 10.1. The zero-order chi connectivity index (χ0) is 42.6. The fraction of sp³-hybridized carbons (Fsp3) is 0.488. The van der Waals surface area contributed by atoms with Crippen LogP contribution >= 0.6 is 24.4 Å². The summed E-state index contributed by atoms with van der Waals surface area (Å²) in [5.74, 6) is 2.32. The summed E-state index contributed by atoms with van der Waals surface area (Å²) in [5.41, 5.74) is 6.29. The van der Waals surface area contributed by atoms with Gasteiger partial charge in [0.25, 0.3) is 0 Å². The van der Waals surface area contributed by atoms with E-state index in [-0.39, 0.29) is 42.2 Å². The number of aromatic nitrogens is 4. The van der Waals surface area contributed by atoms with Crippen LogP contribution in [0.15, 0.2) is 60.9 Å². The largest absolute Gasteiger partial charge is 0.453 e. The number of ether oxygens (including phenoxy) is 1. The topological polar surface area (TPSA) is 179 Å². The quantitative estimate of drug-likeness (QED) is 0.0203. The third-order valence-electron chi connectivity index (χ3n) is 10.9. The normalized spacial score (nSPS) is 18.6. The van der Waals surface area contributed by atoms with Crippen molar-refractivity contribution in [3.8, 4) is 33.6 Å². The Morgan fingerprint density at radius 1 is 0.932 bits per heavy atom. The minimum atomic E-state index is -0.553. The van der Waals surface area contributed by atoms with E-state index >= 15 is 0 Å². The van der Waals surface area contributed by atoms with Gasteiger partial charge in [0, 0.05) is 24.9 Å². The second-order valence-electron chi connectivity index (χ2n) is 15.6. The van der Waals surface area contributed by atoms with Crippen molar-refractivity contribution in [3.05, 3.63) is 72.6 Å². The van der Waals surface area contributed by atoms with E-state index in [9.17, 15) is 14.4 Å². The Labute approximate surface area is 356 Å². The molecule has 2 aromatic heterocycles. The molecule has 2 aromatic carbocycles. The highest BCUT2D eigenvalue weighted by molar-refractivity contribution is 7.99. The molecule has 4 N–H and O–H groups in total. The fourth-order valence-corrected chi connectivity index (χ4v) is 8.32. The van der Waals surface area contributed by atoms with Crippen molar-refractivity contribution in [2.45, 2.75) is 64.8 Å². The van der Waals surface area contributed by atoms with E-state index in [1.165, 1.54) is 7.11 Å². The molecule has 16 heteroatoms. The number of thiol groups is 1. The summed E-state index contributed by atoms with van der Waals surface area (Å²) < 4.78 is 4.56. The smallest absolute Gasteiger partial charge is 0.407 e. The van der Waals surface area contributed by atoms with Gasteiger partial charge in [0.2, 0.25) is 18.2 Å². The average molecular weight is 847 g/mol. The Morgan fingerprint density at radius 2 is 1.54 bits per heavy atom. The molecule has 2 aliphatic heterocycles. The minimum absolute atomic E-state index is 0.00107. The summed E-state index contributed by atoms with van der Waals surface area (Å²) in [4.78, 5) is 66.4. The Bertz CT molecular complexity index is 1990. The molecule has 5 atom stereocenters. The van der Waals surface area contributed by atoms with Crippen LogP contribution in [0.4, 0.5) is 4.79 Å². The number of hydrogen-bond acceptors (Lipinski definition) is 11. The van der Waals surface area contributed by atoms with E-state index in [0.29, 0.717) is 23.9 Å². The molecule has 0 radical (unpaired) electrons. The number of carbonyl (C=O) groups excluding carboxylic acids is 3. The monoisotopic (exact) mass is 846 g/mol. The third kappa shape index (κ3) is 11.7. The highest BCUT2D eigenvalue weighted by atomic mass is 32.2. The summed E-state index contributed by atoms with van der Waals surface area (Å²) in [6.45, 7) is 12.0. The second kappa shape index (κ2) is 21.5. The van der Waals surface area contributed by atoms with Crippen LogP contribution in [0.2, 0.25) is 0 Å². The van der Waals surface area contributed by atoms with Crippen LogP contribution in [0.5, 0.6) is 0 Å². The van der Waals surface area contributed by atoms with Gasteiger partial charge in [0.15, 0.2) is 0 Å². The third-order valence-corrected chi connectivity index (χ3v) is 12.5. The van der Waals surface area contributed by atoms with Crippen molar-refractivity contribution in [1.82, 2.24) is 35.1 Å². The predicted octanol–water partition coefficient (Wildman–Crippen LogP) is 7.42. The van der Waals surface area contributed by atoms with Crippen LogP contribution in [-0.2, 0) is 24.1 Å². The van der Waals surface area contributed by atoms with Crippen molar-refractivity contribution in [1.29, 1.82) is 5.41 Å². The molecule has 4 heterocycles. The lowest BCUT2D eigenvalue weighted by Gasteiger charge is -2.29. The lowest BCUT2D eigenvalue weighted by molar-refractivity contribution is -0.229. The number of hydrogen-bond donors (Lipinski definition) is 5. The molecule has 14 nitrogen and oxygen atoms in total. The number of H-pyrrole nitrogens is 2. The number of aryl methyl sites for hydroxylation is 1. The molecule has 2 fully saturated rings. The number of nitrogens with zero attached hydrogens (tertiary/aromatic N) is 4. The number of amides is 3. The van der Waals surface area contributed by atoms with Gasteiger partial charge in [-0.3, -0.25) is 15.0 Å². The number of rotatable bonds is 15. The molecule has 0 aliphatic carbocycles. The summed E-state index contributed by atoms with van der Waals surface area (Å²) in [7, 11) is 1.30. The van der Waals surface area contributed by atoms with Gasteiger partial charge in [-0.1, -0.05) is 76.2 Å². The zero-order valence-electron chi connectivity index (χ0n) is 34.9. The summed E-state index contributed by atoms with van der Waals surface area (Å²) >= 11 is 6.31. The van der Waals surface area contributed by atoms with Crippen LogP contribution in [0.25, 0.3) is 33.6 Å². The number of methoxy groups -OCH3 is 1. The Morgan fingerprint density at radius 3 is 2.05 bits per heavy atom. The first-order valence-corrected chi connectivity index (χ1v) is 21.9. The predicted molar refractivity (Wildman–Crippen MR) is 235 cm³/mol. The SMILES string of the molecule is COC(=O)N[C@H](C(=O)N1CCC(SC)C1)C(C)C.Cc1ncc(-c2ccc(-c3ccc(-c4cnc([C@@H]5C[C@H](CS)CN5C(=O)[C@@H](COOC=N)C(C)C)[nH]4)cc3)cc2)[nH]1. The molecule has 3 amide bonds. The van der Waals surface area contributed by atoms with E-state index in [1.54, 1.807) is 11.8 Å². The number of aromatic amines is 2. The van der Waals surface area contributed by atoms with Gasteiger partial charge < -0.3 is 34.7 Å². The highest BCUT2D eigenvalue weighted by Crippen LogP contribution is 2.37. The van der Waals surface area contributed by atoms with Crippen molar-refractivity contribution in [2.24, 2.45) is 23.7 Å². The molecule has 1 unspecified atom stereocenters. The minimum Gasteiger partial charge on any atom is -0.453 e. The van der Waals surface area contributed by atoms with Gasteiger partial charge in [-0.05, 0) is 71.8 Å². The molecule has 0 spiro atoms. The van der Waals surface area contributed by atoms with E-state index in [0.717, 1.165) is 71.2 Å². The van der Waals surface area contributed by atoms with Gasteiger partial charge in [-0.15, -0.1) is 0 Å². The van der Waals surface area contributed by atoms with Crippen LogP contribution in [0.1, 0.15) is 58.2 Å². The molecular weight excluding hydrogens is 789 g/mol. The average Bonchev–Trinajstić information content (AvgIpc) is 4.08. The molecule has 318 valence electrons. The fourth-order valence-electron chi connectivity index (χ4n) is 7.39. The second-order valence-corrected chi connectivity index (χ2v) is 17.2. The van der Waals surface area contributed by atoms with Crippen molar-refractivity contribution in [2.75, 3.05) is 45.4 Å². The Kier molecular flexibility index (Phi) is 16.5. The maximum absolute atomic E-state index is 13.6. The van der Waals surface area contributed by atoms with Gasteiger partial charge in [-0.25, -0.2) is 14.8 Å². The molecule has 2 aliphatic rings. The molecule has 59 heavy (non-hydrogen) atoms. The van der Waals surface area contributed by atoms with Crippen molar-refractivity contribution in [3.63, 3.8) is 0 Å². The lowest BCUT2D eigenvalue weighted by atomic mass is 9.95. The molecule has 0 saturated carbocycles. The number of nitrogens with one attached hydrogen (secondary N) is 4. The maximum Gasteiger partial charge on any atom is 0.407 e. The van der Waals surface area contributed by atoms with E-state index in [2.05, 4.69) is 97.3 Å². The molecule has 2 saturated heterocycles.